The number of aromatic nitrogens is 2. The van der Waals surface area contributed by atoms with E-state index in [-0.39, 0.29) is 0 Å². The Labute approximate surface area is 106 Å². The summed E-state index contributed by atoms with van der Waals surface area (Å²) >= 11 is 0. The number of rotatable bonds is 3. The predicted octanol–water partition coefficient (Wildman–Crippen LogP) is 2.48. The summed E-state index contributed by atoms with van der Waals surface area (Å²) in [5, 5.41) is 0. The van der Waals surface area contributed by atoms with E-state index in [1.165, 1.54) is 0 Å². The highest BCUT2D eigenvalue weighted by atomic mass is 16.5. The molecule has 18 heavy (non-hydrogen) atoms. The molecule has 0 aliphatic carbocycles. The van der Waals surface area contributed by atoms with Crippen LogP contribution in [0.2, 0.25) is 0 Å². The fourth-order valence-electron chi connectivity index (χ4n) is 1.70. The van der Waals surface area contributed by atoms with Gasteiger partial charge in [-0.15, -0.1) is 0 Å². The Morgan fingerprint density at radius 2 is 1.78 bits per heavy atom. The zero-order valence-corrected chi connectivity index (χ0v) is 10.7. The van der Waals surface area contributed by atoms with Crippen molar-refractivity contribution in [3.8, 4) is 11.6 Å². The maximum atomic E-state index is 5.77. The van der Waals surface area contributed by atoms with Crippen LogP contribution in [0.25, 0.3) is 0 Å². The van der Waals surface area contributed by atoms with Crippen molar-refractivity contribution in [2.24, 2.45) is 5.84 Å². The first-order valence-electron chi connectivity index (χ1n) is 5.65. The van der Waals surface area contributed by atoms with Gasteiger partial charge < -0.3 is 4.74 Å². The monoisotopic (exact) mass is 244 g/mol. The average molecular weight is 244 g/mol. The van der Waals surface area contributed by atoms with E-state index >= 15 is 0 Å². The topological polar surface area (TPSA) is 73.1 Å². The third-order valence-corrected chi connectivity index (χ3v) is 2.46. The third kappa shape index (κ3) is 2.75. The first-order chi connectivity index (χ1) is 8.58. The molecule has 0 saturated heterocycles. The summed E-state index contributed by atoms with van der Waals surface area (Å²) in [6, 6.07) is 6.01. The number of aryl methyl sites for hydroxylation is 3. The largest absolute Gasteiger partial charge is 0.439 e. The molecule has 2 rings (SSSR count). The van der Waals surface area contributed by atoms with Crippen LogP contribution in [0.5, 0.6) is 11.6 Å². The molecule has 0 atom stereocenters. The lowest BCUT2D eigenvalue weighted by molar-refractivity contribution is 0.457. The number of hydrogen-bond acceptors (Lipinski definition) is 5. The number of nitrogens with two attached hydrogens (primary N) is 1. The van der Waals surface area contributed by atoms with Crippen LogP contribution in [-0.2, 0) is 0 Å². The van der Waals surface area contributed by atoms with E-state index in [0.29, 0.717) is 11.8 Å². The summed E-state index contributed by atoms with van der Waals surface area (Å²) in [5.74, 6) is 6.88. The van der Waals surface area contributed by atoms with Crippen molar-refractivity contribution in [3.05, 3.63) is 41.1 Å². The number of hydrogen-bond donors (Lipinski definition) is 2. The molecule has 0 amide bonds. The molecule has 1 aromatic carbocycles. The quantitative estimate of drug-likeness (QED) is 0.641. The fraction of sp³-hybridized carbons (Fsp3) is 0.231. The van der Waals surface area contributed by atoms with Gasteiger partial charge in [-0.05, 0) is 44.0 Å². The van der Waals surface area contributed by atoms with Gasteiger partial charge in [-0.1, -0.05) is 6.07 Å². The first kappa shape index (κ1) is 12.3. The maximum absolute atomic E-state index is 5.77. The maximum Gasteiger partial charge on any atom is 0.240 e. The van der Waals surface area contributed by atoms with Gasteiger partial charge in [-0.3, -0.25) is 5.43 Å². The minimum Gasteiger partial charge on any atom is -0.439 e. The van der Waals surface area contributed by atoms with Crippen LogP contribution in [0.15, 0.2) is 24.4 Å². The van der Waals surface area contributed by atoms with E-state index in [1.807, 2.05) is 32.9 Å². The van der Waals surface area contributed by atoms with Crippen molar-refractivity contribution in [2.45, 2.75) is 20.8 Å². The summed E-state index contributed by atoms with van der Waals surface area (Å²) in [5.41, 5.74) is 5.55. The molecule has 0 fully saturated rings. The van der Waals surface area contributed by atoms with E-state index in [1.54, 1.807) is 6.20 Å². The van der Waals surface area contributed by atoms with E-state index < -0.39 is 0 Å². The molecule has 0 aliphatic heterocycles. The van der Waals surface area contributed by atoms with E-state index in [9.17, 15) is 0 Å². The molecule has 1 heterocycles. The van der Waals surface area contributed by atoms with E-state index in [4.69, 9.17) is 10.6 Å². The molecule has 0 unspecified atom stereocenters. The molecule has 0 spiro atoms. The summed E-state index contributed by atoms with van der Waals surface area (Å²) < 4.78 is 5.77. The predicted molar refractivity (Wildman–Crippen MR) is 70.6 cm³/mol. The van der Waals surface area contributed by atoms with Gasteiger partial charge in [0.1, 0.15) is 5.75 Å². The smallest absolute Gasteiger partial charge is 0.240 e. The number of nitrogen functional groups attached to an aromatic ring is 1. The van der Waals surface area contributed by atoms with Gasteiger partial charge in [0.2, 0.25) is 11.8 Å². The van der Waals surface area contributed by atoms with Gasteiger partial charge in [0.25, 0.3) is 0 Å². The number of anilines is 1. The number of nitrogens with one attached hydrogen (secondary N) is 1. The van der Waals surface area contributed by atoms with Crippen LogP contribution in [0.3, 0.4) is 0 Å². The van der Waals surface area contributed by atoms with Crippen molar-refractivity contribution in [2.75, 3.05) is 5.43 Å². The van der Waals surface area contributed by atoms with Crippen molar-refractivity contribution in [1.82, 2.24) is 9.97 Å². The van der Waals surface area contributed by atoms with E-state index in [2.05, 4.69) is 21.5 Å². The second-order valence-corrected chi connectivity index (χ2v) is 4.25. The molecular formula is C13H16N4O. The van der Waals surface area contributed by atoms with E-state index in [0.717, 1.165) is 22.4 Å². The number of nitrogens with zero attached hydrogens (tertiary/aromatic N) is 2. The zero-order chi connectivity index (χ0) is 13.1. The lowest BCUT2D eigenvalue weighted by atomic mass is 10.1. The Bertz CT molecular complexity index is 549. The molecule has 5 heteroatoms. The van der Waals surface area contributed by atoms with Gasteiger partial charge in [0.05, 0.1) is 0 Å². The number of benzene rings is 1. The Hall–Kier alpha value is -2.14. The van der Waals surface area contributed by atoms with Crippen LogP contribution in [0.4, 0.5) is 5.95 Å². The van der Waals surface area contributed by atoms with Gasteiger partial charge in [-0.25, -0.2) is 10.8 Å². The Kier molecular flexibility index (Phi) is 3.43. The van der Waals surface area contributed by atoms with Crippen molar-refractivity contribution < 1.29 is 4.74 Å². The molecule has 1 aromatic heterocycles. The van der Waals surface area contributed by atoms with Crippen molar-refractivity contribution >= 4 is 5.95 Å². The second-order valence-electron chi connectivity index (χ2n) is 4.25. The van der Waals surface area contributed by atoms with Crippen LogP contribution >= 0.6 is 0 Å². The molecule has 5 nitrogen and oxygen atoms in total. The zero-order valence-electron chi connectivity index (χ0n) is 10.7. The van der Waals surface area contributed by atoms with Gasteiger partial charge in [0.15, 0.2) is 0 Å². The number of hydrazine groups is 1. The summed E-state index contributed by atoms with van der Waals surface area (Å²) in [6.07, 6.45) is 1.67. The standard InChI is InChI=1S/C13H16N4O/c1-8-4-9(2)6-11(5-8)18-12-10(3)7-15-13(16-12)17-14/h4-7H,14H2,1-3H3,(H,15,16,17). The van der Waals surface area contributed by atoms with Crippen LogP contribution in [0.1, 0.15) is 16.7 Å². The molecule has 0 bridgehead atoms. The average Bonchev–Trinajstić information content (AvgIpc) is 2.30. The molecule has 2 aromatic rings. The van der Waals surface area contributed by atoms with Crippen molar-refractivity contribution in [3.63, 3.8) is 0 Å². The third-order valence-electron chi connectivity index (χ3n) is 2.46. The second kappa shape index (κ2) is 5.01. The number of ether oxygens (including phenoxy) is 1. The molecule has 94 valence electrons. The Morgan fingerprint density at radius 1 is 1.11 bits per heavy atom. The van der Waals surface area contributed by atoms with Gasteiger partial charge >= 0.3 is 0 Å². The van der Waals surface area contributed by atoms with Crippen LogP contribution in [0, 0.1) is 20.8 Å². The summed E-state index contributed by atoms with van der Waals surface area (Å²) in [4.78, 5) is 8.18. The molecular weight excluding hydrogens is 228 g/mol. The fourth-order valence-corrected chi connectivity index (χ4v) is 1.70. The molecule has 0 saturated carbocycles. The minimum absolute atomic E-state index is 0.333. The Balaban J connectivity index is 2.33. The molecule has 3 N–H and O–H groups in total. The van der Waals surface area contributed by atoms with Gasteiger partial charge in [-0.2, -0.15) is 4.98 Å². The lowest BCUT2D eigenvalue weighted by Gasteiger charge is -2.10. The molecule has 0 aliphatic rings. The minimum atomic E-state index is 0.333. The Morgan fingerprint density at radius 3 is 2.39 bits per heavy atom. The highest BCUT2D eigenvalue weighted by Gasteiger charge is 2.06. The highest BCUT2D eigenvalue weighted by Crippen LogP contribution is 2.25. The molecule has 0 radical (unpaired) electrons. The first-order valence-corrected chi connectivity index (χ1v) is 5.65. The van der Waals surface area contributed by atoms with Crippen molar-refractivity contribution in [1.29, 1.82) is 0 Å². The summed E-state index contributed by atoms with van der Waals surface area (Å²) in [7, 11) is 0. The van der Waals surface area contributed by atoms with Crippen LogP contribution in [-0.4, -0.2) is 9.97 Å². The highest BCUT2D eigenvalue weighted by molar-refractivity contribution is 5.38. The summed E-state index contributed by atoms with van der Waals surface area (Å²) in [6.45, 7) is 5.94. The normalized spacial score (nSPS) is 10.2. The van der Waals surface area contributed by atoms with Crippen LogP contribution < -0.4 is 16.0 Å². The van der Waals surface area contributed by atoms with Gasteiger partial charge in [0, 0.05) is 11.8 Å². The lowest BCUT2D eigenvalue weighted by Crippen LogP contribution is -2.11. The SMILES string of the molecule is Cc1cc(C)cc(Oc2nc(NN)ncc2C)c1.